The molecule has 0 aromatic rings. The number of rotatable bonds is 3. The van der Waals surface area contributed by atoms with Gasteiger partial charge in [0.1, 0.15) is 0 Å². The summed E-state index contributed by atoms with van der Waals surface area (Å²) in [5.74, 6) is -4.81. The molecule has 0 aliphatic heterocycles. The van der Waals surface area contributed by atoms with Gasteiger partial charge in [-0.3, -0.25) is 0 Å². The van der Waals surface area contributed by atoms with Crippen molar-refractivity contribution in [1.29, 1.82) is 0 Å². The fraction of sp³-hybridized carbons (Fsp3) is 1.00. The van der Waals surface area contributed by atoms with Gasteiger partial charge < -0.3 is 4.74 Å². The first kappa shape index (κ1) is 14.4. The average molecular weight is 246 g/mol. The van der Waals surface area contributed by atoms with Crippen LogP contribution in [0.1, 0.15) is 6.92 Å². The van der Waals surface area contributed by atoms with Gasteiger partial charge in [0.2, 0.25) is 5.92 Å². The van der Waals surface area contributed by atoms with Crippen molar-refractivity contribution in [3.05, 3.63) is 0 Å². The normalized spacial score (nSPS) is 14.8. The Morgan fingerprint density at radius 2 is 1.20 bits per heavy atom. The zero-order chi connectivity index (χ0) is 12.5. The molecule has 0 aliphatic carbocycles. The molecular weight excluding hydrogens is 240 g/mol. The molecule has 0 rings (SSSR count). The Bertz CT molecular complexity index is 190. The Labute approximate surface area is 79.0 Å². The van der Waals surface area contributed by atoms with Crippen LogP contribution in [0.15, 0.2) is 0 Å². The van der Waals surface area contributed by atoms with Gasteiger partial charge in [0, 0.05) is 0 Å². The van der Waals surface area contributed by atoms with Crippen LogP contribution in [0.4, 0.5) is 35.1 Å². The third-order valence-corrected chi connectivity index (χ3v) is 1.33. The highest BCUT2D eigenvalue weighted by atomic mass is 19.4. The van der Waals surface area contributed by atoms with Crippen LogP contribution >= 0.6 is 0 Å². The Morgan fingerprint density at radius 3 is 1.40 bits per heavy atom. The molecule has 0 amide bonds. The van der Waals surface area contributed by atoms with E-state index in [4.69, 9.17) is 0 Å². The minimum atomic E-state index is -6.11. The van der Waals surface area contributed by atoms with Crippen molar-refractivity contribution in [3.63, 3.8) is 0 Å². The van der Waals surface area contributed by atoms with E-state index in [9.17, 15) is 35.1 Å². The summed E-state index contributed by atoms with van der Waals surface area (Å²) in [5.41, 5.74) is 0. The molecule has 0 aromatic heterocycles. The number of hydrogen-bond donors (Lipinski definition) is 0. The molecule has 0 radical (unpaired) electrons. The molecule has 0 bridgehead atoms. The molecule has 1 nitrogen and oxygen atoms in total. The fourth-order valence-electron chi connectivity index (χ4n) is 0.842. The zero-order valence-electron chi connectivity index (χ0n) is 7.22. The summed E-state index contributed by atoms with van der Waals surface area (Å²) < 4.78 is 98.5. The van der Waals surface area contributed by atoms with Crippen LogP contribution in [0, 0.1) is 5.92 Å². The van der Waals surface area contributed by atoms with Crippen molar-refractivity contribution < 1.29 is 39.9 Å². The van der Waals surface area contributed by atoms with E-state index in [1.165, 1.54) is 0 Å². The second kappa shape index (κ2) is 4.11. The molecule has 92 valence electrons. The first-order valence-corrected chi connectivity index (χ1v) is 3.58. The Kier molecular flexibility index (Phi) is 3.94. The van der Waals surface area contributed by atoms with Crippen molar-refractivity contribution in [2.75, 3.05) is 6.61 Å². The maximum Gasteiger partial charge on any atom is 0.409 e. The summed E-state index contributed by atoms with van der Waals surface area (Å²) in [6, 6.07) is 0. The van der Waals surface area contributed by atoms with Crippen molar-refractivity contribution in [2.45, 2.75) is 25.4 Å². The van der Waals surface area contributed by atoms with Gasteiger partial charge in [-0.15, -0.1) is 0 Å². The Balaban J connectivity index is 5.13. The molecule has 0 aromatic carbocycles. The van der Waals surface area contributed by atoms with Crippen molar-refractivity contribution >= 4 is 0 Å². The van der Waals surface area contributed by atoms with Crippen LogP contribution in [0.2, 0.25) is 0 Å². The summed E-state index contributed by atoms with van der Waals surface area (Å²) in [4.78, 5) is 0. The molecule has 0 N–H and O–H groups in total. The predicted molar refractivity (Wildman–Crippen MR) is 32.2 cm³/mol. The van der Waals surface area contributed by atoms with E-state index in [0.29, 0.717) is 0 Å². The number of halogens is 8. The lowest BCUT2D eigenvalue weighted by molar-refractivity contribution is -0.398. The molecular formula is C6H6F8O. The Hall–Kier alpha value is -0.600. The summed E-state index contributed by atoms with van der Waals surface area (Å²) in [6.45, 7) is -0.104. The minimum absolute atomic E-state index is 0.859. The van der Waals surface area contributed by atoms with Crippen LogP contribution in [0.3, 0.4) is 0 Å². The first-order valence-electron chi connectivity index (χ1n) is 3.58. The van der Waals surface area contributed by atoms with Gasteiger partial charge in [0.15, 0.2) is 0 Å². The van der Waals surface area contributed by atoms with Gasteiger partial charge >= 0.3 is 18.5 Å². The maximum atomic E-state index is 12.4. The van der Waals surface area contributed by atoms with Crippen LogP contribution < -0.4 is 0 Å². The second-order valence-corrected chi connectivity index (χ2v) is 2.51. The lowest BCUT2D eigenvalue weighted by Crippen LogP contribution is -2.50. The van der Waals surface area contributed by atoms with Crippen LogP contribution in [-0.4, -0.2) is 25.1 Å². The molecule has 15 heavy (non-hydrogen) atoms. The number of alkyl halides is 8. The van der Waals surface area contributed by atoms with E-state index >= 15 is 0 Å². The molecule has 0 spiro atoms. The molecule has 0 fully saturated rings. The monoisotopic (exact) mass is 246 g/mol. The number of ether oxygens (including phenoxy) is 1. The smallest absolute Gasteiger partial charge is 0.320 e. The lowest BCUT2D eigenvalue weighted by Gasteiger charge is -2.29. The first-order chi connectivity index (χ1) is 6.43. The maximum absolute atomic E-state index is 12.4. The van der Waals surface area contributed by atoms with Gasteiger partial charge in [-0.05, 0) is 6.92 Å². The minimum Gasteiger partial charge on any atom is -0.320 e. The summed E-state index contributed by atoms with van der Waals surface area (Å²) in [6.07, 6.45) is -17.5. The van der Waals surface area contributed by atoms with Crippen molar-refractivity contribution in [3.8, 4) is 0 Å². The van der Waals surface area contributed by atoms with Crippen LogP contribution in [0.25, 0.3) is 0 Å². The summed E-state index contributed by atoms with van der Waals surface area (Å²) >= 11 is 0. The van der Waals surface area contributed by atoms with E-state index in [2.05, 4.69) is 4.74 Å². The highest BCUT2D eigenvalue weighted by Crippen LogP contribution is 2.48. The SMILES string of the molecule is CCOC(F)(F)C(C(F)(F)F)C(F)(F)F. The standard InChI is InChI=1S/C6H6F8O/c1-2-15-6(13,14)3(4(7,8)9)5(10,11)12/h3H,2H2,1H3. The molecule has 0 saturated heterocycles. The molecule has 0 atom stereocenters. The molecule has 9 heteroatoms. The van der Waals surface area contributed by atoms with Crippen molar-refractivity contribution in [2.24, 2.45) is 5.92 Å². The quantitative estimate of drug-likeness (QED) is 0.694. The highest BCUT2D eigenvalue weighted by Gasteiger charge is 2.69. The molecule has 0 saturated carbocycles. The lowest BCUT2D eigenvalue weighted by atomic mass is 10.1. The fourth-order valence-corrected chi connectivity index (χ4v) is 0.842. The van der Waals surface area contributed by atoms with E-state index in [-0.39, 0.29) is 0 Å². The molecule has 0 unspecified atom stereocenters. The Morgan fingerprint density at radius 1 is 0.867 bits per heavy atom. The summed E-state index contributed by atoms with van der Waals surface area (Å²) in [5, 5.41) is 0. The van der Waals surface area contributed by atoms with Crippen LogP contribution in [0.5, 0.6) is 0 Å². The van der Waals surface area contributed by atoms with E-state index in [1.54, 1.807) is 0 Å². The van der Waals surface area contributed by atoms with Gasteiger partial charge in [-0.2, -0.15) is 35.1 Å². The number of hydrogen-bond acceptors (Lipinski definition) is 1. The largest absolute Gasteiger partial charge is 0.409 e. The van der Waals surface area contributed by atoms with Crippen LogP contribution in [-0.2, 0) is 4.74 Å². The molecule has 0 aliphatic rings. The topological polar surface area (TPSA) is 9.23 Å². The third kappa shape index (κ3) is 3.80. The van der Waals surface area contributed by atoms with E-state index in [0.717, 1.165) is 6.92 Å². The van der Waals surface area contributed by atoms with Gasteiger partial charge in [0.05, 0.1) is 6.61 Å². The summed E-state index contributed by atoms with van der Waals surface area (Å²) in [7, 11) is 0. The van der Waals surface area contributed by atoms with Gasteiger partial charge in [-0.1, -0.05) is 0 Å². The third-order valence-electron chi connectivity index (χ3n) is 1.33. The van der Waals surface area contributed by atoms with Crippen molar-refractivity contribution in [1.82, 2.24) is 0 Å². The van der Waals surface area contributed by atoms with E-state index in [1.807, 2.05) is 0 Å². The zero-order valence-corrected chi connectivity index (χ0v) is 7.22. The van der Waals surface area contributed by atoms with Gasteiger partial charge in [-0.25, -0.2) is 0 Å². The molecule has 0 heterocycles. The average Bonchev–Trinajstić information content (AvgIpc) is 1.75. The predicted octanol–water partition coefficient (Wildman–Crippen LogP) is 3.36. The highest BCUT2D eigenvalue weighted by molar-refractivity contribution is 4.82. The second-order valence-electron chi connectivity index (χ2n) is 2.51. The van der Waals surface area contributed by atoms with E-state index < -0.39 is 31.0 Å². The van der Waals surface area contributed by atoms with Gasteiger partial charge in [0.25, 0.3) is 0 Å².